The van der Waals surface area contributed by atoms with Crippen LogP contribution in [0.15, 0.2) is 91.0 Å². The van der Waals surface area contributed by atoms with Crippen molar-refractivity contribution in [3.8, 4) is 23.0 Å². The van der Waals surface area contributed by atoms with Gasteiger partial charge < -0.3 is 47.4 Å². The molecule has 0 saturated heterocycles. The number of carbonyl (C=O) groups is 2. The molecule has 0 aliphatic heterocycles. The van der Waals surface area contributed by atoms with Gasteiger partial charge in [-0.2, -0.15) is 0 Å². The van der Waals surface area contributed by atoms with Crippen LogP contribution in [0.3, 0.4) is 0 Å². The van der Waals surface area contributed by atoms with Crippen molar-refractivity contribution in [1.82, 2.24) is 14.1 Å². The summed E-state index contributed by atoms with van der Waals surface area (Å²) in [6.45, 7) is 0.0221. The Morgan fingerprint density at radius 1 is 0.474 bits per heavy atom. The van der Waals surface area contributed by atoms with Crippen LogP contribution in [0.2, 0.25) is 0 Å². The summed E-state index contributed by atoms with van der Waals surface area (Å²) in [5, 5.41) is 3.30. The SMILES string of the molecule is COc1ccc2c(c1)c1cc(OC)ccc1n2C(=O)OCCOCOCc1cccc(COCOCOC(=O)n2c3ccc(OC)cc3c3cc(OC)ccc32)n1. The molecule has 0 aliphatic carbocycles. The molecule has 15 heteroatoms. The van der Waals surface area contributed by atoms with Crippen molar-refractivity contribution < 1.29 is 57.0 Å². The van der Waals surface area contributed by atoms with Gasteiger partial charge in [0.1, 0.15) is 36.4 Å². The third-order valence-corrected chi connectivity index (χ3v) is 9.14. The van der Waals surface area contributed by atoms with Crippen LogP contribution in [-0.2, 0) is 41.6 Å². The van der Waals surface area contributed by atoms with Crippen LogP contribution in [-0.4, -0.2) is 88.3 Å². The van der Waals surface area contributed by atoms with E-state index in [0.717, 1.165) is 21.5 Å². The average Bonchev–Trinajstić information content (AvgIpc) is 3.75. The number of aromatic nitrogens is 3. The first-order valence-corrected chi connectivity index (χ1v) is 17.8. The summed E-state index contributed by atoms with van der Waals surface area (Å²) in [6.07, 6.45) is -1.14. The Bertz CT molecular complexity index is 2410. The molecular weight excluding hydrogens is 738 g/mol. The summed E-state index contributed by atoms with van der Waals surface area (Å²) in [5.41, 5.74) is 4.00. The molecule has 4 aromatic carbocycles. The Morgan fingerprint density at radius 3 is 1.30 bits per heavy atom. The molecule has 296 valence electrons. The van der Waals surface area contributed by atoms with Gasteiger partial charge in [0.05, 0.1) is 81.7 Å². The molecule has 7 rings (SSSR count). The van der Waals surface area contributed by atoms with E-state index in [9.17, 15) is 9.59 Å². The fourth-order valence-electron chi connectivity index (χ4n) is 6.47. The molecule has 0 fully saturated rings. The number of carbonyl (C=O) groups excluding carboxylic acids is 2. The maximum atomic E-state index is 13.2. The number of fused-ring (bicyclic) bond motifs is 6. The molecule has 0 atom stereocenters. The second kappa shape index (κ2) is 18.0. The van der Waals surface area contributed by atoms with E-state index in [1.54, 1.807) is 64.8 Å². The lowest BCUT2D eigenvalue weighted by Gasteiger charge is -2.10. The minimum absolute atomic E-state index is 0.0213. The molecule has 7 aromatic rings. The zero-order chi connectivity index (χ0) is 39.7. The number of nitrogens with zero attached hydrogens (tertiary/aromatic N) is 3. The summed E-state index contributed by atoms with van der Waals surface area (Å²) in [6, 6.07) is 27.3. The van der Waals surface area contributed by atoms with Crippen molar-refractivity contribution >= 4 is 55.8 Å². The van der Waals surface area contributed by atoms with Crippen molar-refractivity contribution in [1.29, 1.82) is 0 Å². The highest BCUT2D eigenvalue weighted by Gasteiger charge is 2.20. The van der Waals surface area contributed by atoms with E-state index in [1.807, 2.05) is 54.6 Å². The number of pyridine rings is 1. The quantitative estimate of drug-likeness (QED) is 0.0659. The Hall–Kier alpha value is -6.39. The molecule has 0 aliphatic rings. The molecule has 0 saturated carbocycles. The third-order valence-electron chi connectivity index (χ3n) is 9.14. The monoisotopic (exact) mass is 779 g/mol. The highest BCUT2D eigenvalue weighted by atomic mass is 16.7. The standard InChI is InChI=1S/C42H41N3O12/c1-48-29-8-12-37-33(18-29)34-19-30(49-2)9-13-38(34)44(37)41(46)56-17-16-52-24-53-22-27-6-5-7-28(43-27)23-54-25-55-26-57-42(47)45-39-14-10-31(50-3)20-35(39)36-21-32(51-4)11-15-40(36)45/h5-15,18-21H,16-17,22-26H2,1-4H3. The van der Waals surface area contributed by atoms with Crippen LogP contribution in [0, 0.1) is 0 Å². The van der Waals surface area contributed by atoms with E-state index < -0.39 is 12.2 Å². The number of hydrogen-bond acceptors (Lipinski definition) is 13. The Labute approximate surface area is 327 Å². The first kappa shape index (κ1) is 38.9. The van der Waals surface area contributed by atoms with E-state index in [0.29, 0.717) is 56.5 Å². The van der Waals surface area contributed by atoms with Gasteiger partial charge in [-0.3, -0.25) is 4.98 Å². The maximum Gasteiger partial charge on any atom is 0.421 e. The van der Waals surface area contributed by atoms with Gasteiger partial charge in [0.25, 0.3) is 0 Å². The van der Waals surface area contributed by atoms with Crippen molar-refractivity contribution in [2.45, 2.75) is 13.2 Å². The average molecular weight is 780 g/mol. The van der Waals surface area contributed by atoms with E-state index in [2.05, 4.69) is 4.98 Å². The van der Waals surface area contributed by atoms with E-state index in [1.165, 1.54) is 9.13 Å². The highest BCUT2D eigenvalue weighted by molar-refractivity contribution is 6.14. The van der Waals surface area contributed by atoms with Gasteiger partial charge in [0.2, 0.25) is 0 Å². The molecule has 57 heavy (non-hydrogen) atoms. The van der Waals surface area contributed by atoms with E-state index >= 15 is 0 Å². The van der Waals surface area contributed by atoms with Crippen LogP contribution in [0.5, 0.6) is 23.0 Å². The number of benzene rings is 4. The van der Waals surface area contributed by atoms with Gasteiger partial charge in [-0.1, -0.05) is 6.07 Å². The van der Waals surface area contributed by atoms with Crippen molar-refractivity contribution in [3.05, 3.63) is 102 Å². The lowest BCUT2D eigenvalue weighted by molar-refractivity contribution is -0.115. The van der Waals surface area contributed by atoms with Gasteiger partial charge in [0, 0.05) is 21.5 Å². The maximum absolute atomic E-state index is 13.2. The van der Waals surface area contributed by atoms with E-state index in [-0.39, 0.29) is 46.8 Å². The first-order chi connectivity index (χ1) is 27.9. The Balaban J connectivity index is 0.819. The number of rotatable bonds is 17. The largest absolute Gasteiger partial charge is 0.497 e. The van der Waals surface area contributed by atoms with Crippen molar-refractivity contribution in [3.63, 3.8) is 0 Å². The molecule has 3 aromatic heterocycles. The number of hydrogen-bond donors (Lipinski definition) is 0. The summed E-state index contributed by atoms with van der Waals surface area (Å²) >= 11 is 0. The molecule has 0 unspecified atom stereocenters. The Kier molecular flexibility index (Phi) is 12.3. The van der Waals surface area contributed by atoms with Gasteiger partial charge in [-0.25, -0.2) is 18.7 Å². The molecule has 0 radical (unpaired) electrons. The van der Waals surface area contributed by atoms with Crippen LogP contribution in [0.25, 0.3) is 43.6 Å². The summed E-state index contributed by atoms with van der Waals surface area (Å²) in [7, 11) is 6.36. The molecule has 0 spiro atoms. The topological polar surface area (TPSA) is 149 Å². The molecule has 0 amide bonds. The predicted molar refractivity (Wildman–Crippen MR) is 209 cm³/mol. The van der Waals surface area contributed by atoms with Gasteiger partial charge in [0.15, 0.2) is 13.6 Å². The van der Waals surface area contributed by atoms with Gasteiger partial charge in [-0.15, -0.1) is 0 Å². The highest BCUT2D eigenvalue weighted by Crippen LogP contribution is 2.35. The summed E-state index contributed by atoms with van der Waals surface area (Å²) in [5.74, 6) is 2.67. The van der Waals surface area contributed by atoms with E-state index in [4.69, 9.17) is 47.4 Å². The number of ether oxygens (including phenoxy) is 10. The smallest absolute Gasteiger partial charge is 0.421 e. The second-order valence-electron chi connectivity index (χ2n) is 12.5. The molecule has 0 N–H and O–H groups in total. The third kappa shape index (κ3) is 8.56. The van der Waals surface area contributed by atoms with Gasteiger partial charge in [-0.05, 0) is 84.9 Å². The normalized spacial score (nSPS) is 11.4. The second-order valence-corrected chi connectivity index (χ2v) is 12.5. The number of methoxy groups -OCH3 is 4. The molecular formula is C42H41N3O12. The van der Waals surface area contributed by atoms with Gasteiger partial charge >= 0.3 is 12.2 Å². The fraction of sp³-hybridized carbons (Fsp3) is 0.262. The Morgan fingerprint density at radius 2 is 0.877 bits per heavy atom. The predicted octanol–water partition coefficient (Wildman–Crippen LogP) is 7.64. The van der Waals surface area contributed by atoms with Crippen molar-refractivity contribution in [2.75, 3.05) is 62.0 Å². The van der Waals surface area contributed by atoms with Crippen molar-refractivity contribution in [2.24, 2.45) is 0 Å². The van der Waals surface area contributed by atoms with Crippen LogP contribution < -0.4 is 18.9 Å². The minimum Gasteiger partial charge on any atom is -0.497 e. The van der Waals surface area contributed by atoms with Crippen LogP contribution in [0.4, 0.5) is 9.59 Å². The zero-order valence-corrected chi connectivity index (χ0v) is 31.9. The van der Waals surface area contributed by atoms with Crippen LogP contribution in [0.1, 0.15) is 11.4 Å². The molecule has 0 bridgehead atoms. The summed E-state index contributed by atoms with van der Waals surface area (Å²) in [4.78, 5) is 30.9. The molecule has 15 nitrogen and oxygen atoms in total. The minimum atomic E-state index is -0.604. The van der Waals surface area contributed by atoms with Crippen LogP contribution >= 0.6 is 0 Å². The lowest BCUT2D eigenvalue weighted by atomic mass is 10.1. The summed E-state index contributed by atoms with van der Waals surface area (Å²) < 4.78 is 57.7. The lowest BCUT2D eigenvalue weighted by Crippen LogP contribution is -2.17. The zero-order valence-electron chi connectivity index (χ0n) is 31.9. The fourth-order valence-corrected chi connectivity index (χ4v) is 6.47. The first-order valence-electron chi connectivity index (χ1n) is 17.8. The molecule has 3 heterocycles.